The molecule has 1 aliphatic heterocycles. The van der Waals surface area contributed by atoms with Crippen molar-refractivity contribution in [1.82, 2.24) is 10.2 Å². The van der Waals surface area contributed by atoms with Crippen molar-refractivity contribution in [3.8, 4) is 5.75 Å². The minimum atomic E-state index is -0.419. The van der Waals surface area contributed by atoms with Crippen molar-refractivity contribution in [1.29, 1.82) is 0 Å². The second-order valence-corrected chi connectivity index (χ2v) is 5.32. The van der Waals surface area contributed by atoms with Gasteiger partial charge in [-0.3, -0.25) is 4.79 Å². The Bertz CT molecular complexity index is 442. The molecule has 4 heteroatoms. The number of benzene rings is 1. The molecule has 1 aromatic rings. The maximum Gasteiger partial charge on any atom is 0.263 e. The number of likely N-dealkylation sites (tertiary alicyclic amines) is 1. The summed E-state index contributed by atoms with van der Waals surface area (Å²) in [6.07, 6.45) is 3.02. The van der Waals surface area contributed by atoms with Gasteiger partial charge in [-0.2, -0.15) is 0 Å². The molecular weight excluding hydrogens is 252 g/mol. The number of piperidine rings is 1. The molecular formula is C16H24N2O2. The summed E-state index contributed by atoms with van der Waals surface area (Å²) in [4.78, 5) is 14.2. The third-order valence-corrected chi connectivity index (χ3v) is 3.61. The lowest BCUT2D eigenvalue weighted by atomic mass is 10.1. The molecule has 0 saturated carbocycles. The maximum atomic E-state index is 12.3. The van der Waals surface area contributed by atoms with Gasteiger partial charge in [0.25, 0.3) is 5.91 Å². The molecule has 1 aliphatic rings. The lowest BCUT2D eigenvalue weighted by Gasteiger charge is -2.29. The highest BCUT2D eigenvalue weighted by Crippen LogP contribution is 2.17. The molecule has 1 fully saturated rings. The fraction of sp³-hybridized carbons (Fsp3) is 0.562. The first kappa shape index (κ1) is 14.9. The second kappa shape index (κ2) is 7.29. The Labute approximate surface area is 121 Å². The van der Waals surface area contributed by atoms with Crippen LogP contribution >= 0.6 is 0 Å². The first-order chi connectivity index (χ1) is 9.70. The fourth-order valence-electron chi connectivity index (χ4n) is 2.56. The van der Waals surface area contributed by atoms with E-state index < -0.39 is 6.10 Å². The summed E-state index contributed by atoms with van der Waals surface area (Å²) in [6.45, 7) is 4.37. The molecule has 0 aliphatic carbocycles. The summed E-state index contributed by atoms with van der Waals surface area (Å²) in [5, 5.41) is 3.11. The van der Waals surface area contributed by atoms with E-state index in [2.05, 4.69) is 5.32 Å². The normalized spacial score (nSPS) is 16.8. The van der Waals surface area contributed by atoms with E-state index in [9.17, 15) is 4.79 Å². The van der Waals surface area contributed by atoms with E-state index in [0.29, 0.717) is 0 Å². The smallest absolute Gasteiger partial charge is 0.263 e. The van der Waals surface area contributed by atoms with E-state index >= 15 is 0 Å². The van der Waals surface area contributed by atoms with Crippen LogP contribution in [0.5, 0.6) is 5.75 Å². The molecule has 110 valence electrons. The predicted octanol–water partition coefficient (Wildman–Crippen LogP) is 2.19. The molecule has 1 amide bonds. The number of hydrogen-bond donors (Lipinski definition) is 1. The topological polar surface area (TPSA) is 41.6 Å². The summed E-state index contributed by atoms with van der Waals surface area (Å²) < 4.78 is 5.80. The molecule has 0 bridgehead atoms. The SMILES string of the molecule is CNCc1cccc(OC(C)C(=O)N2CCCCC2)c1. The largest absolute Gasteiger partial charge is 0.481 e. The van der Waals surface area contributed by atoms with Gasteiger partial charge >= 0.3 is 0 Å². The van der Waals surface area contributed by atoms with Gasteiger partial charge in [-0.15, -0.1) is 0 Å². The zero-order valence-electron chi connectivity index (χ0n) is 12.4. The molecule has 1 saturated heterocycles. The Morgan fingerprint density at radius 1 is 1.35 bits per heavy atom. The molecule has 1 heterocycles. The Morgan fingerprint density at radius 2 is 2.10 bits per heavy atom. The van der Waals surface area contributed by atoms with E-state index in [0.717, 1.165) is 43.8 Å². The number of hydrogen-bond acceptors (Lipinski definition) is 3. The van der Waals surface area contributed by atoms with Gasteiger partial charge in [0.1, 0.15) is 5.75 Å². The summed E-state index contributed by atoms with van der Waals surface area (Å²) in [5.41, 5.74) is 1.16. The molecule has 0 radical (unpaired) electrons. The molecule has 4 nitrogen and oxygen atoms in total. The molecule has 1 unspecified atom stereocenters. The number of carbonyl (C=O) groups is 1. The summed E-state index contributed by atoms with van der Waals surface area (Å²) in [7, 11) is 1.91. The van der Waals surface area contributed by atoms with E-state index in [1.165, 1.54) is 6.42 Å². The van der Waals surface area contributed by atoms with Gasteiger partial charge < -0.3 is 15.0 Å². The molecule has 1 aromatic carbocycles. The minimum Gasteiger partial charge on any atom is -0.481 e. The lowest BCUT2D eigenvalue weighted by molar-refractivity contribution is -0.138. The summed E-state index contributed by atoms with van der Waals surface area (Å²) >= 11 is 0. The highest BCUT2D eigenvalue weighted by molar-refractivity contribution is 5.81. The van der Waals surface area contributed by atoms with Crippen LogP contribution < -0.4 is 10.1 Å². The average molecular weight is 276 g/mol. The zero-order chi connectivity index (χ0) is 14.4. The molecule has 1 atom stereocenters. The van der Waals surface area contributed by atoms with Crippen molar-refractivity contribution in [2.45, 2.75) is 38.8 Å². The van der Waals surface area contributed by atoms with Gasteiger partial charge in [0.15, 0.2) is 6.10 Å². The van der Waals surface area contributed by atoms with E-state index in [1.54, 1.807) is 0 Å². The zero-order valence-corrected chi connectivity index (χ0v) is 12.4. The van der Waals surface area contributed by atoms with Crippen LogP contribution in [-0.4, -0.2) is 37.0 Å². The number of nitrogens with zero attached hydrogens (tertiary/aromatic N) is 1. The molecule has 0 spiro atoms. The van der Waals surface area contributed by atoms with Crippen LogP contribution in [0.3, 0.4) is 0 Å². The van der Waals surface area contributed by atoms with E-state index in [4.69, 9.17) is 4.74 Å². The van der Waals surface area contributed by atoms with Crippen molar-refractivity contribution in [3.63, 3.8) is 0 Å². The van der Waals surface area contributed by atoms with Gasteiger partial charge in [0, 0.05) is 19.6 Å². The summed E-state index contributed by atoms with van der Waals surface area (Å²) in [5.74, 6) is 0.860. The molecule has 2 rings (SSSR count). The third kappa shape index (κ3) is 3.97. The highest BCUT2D eigenvalue weighted by atomic mass is 16.5. The average Bonchev–Trinajstić information content (AvgIpc) is 2.48. The van der Waals surface area contributed by atoms with Crippen LogP contribution in [0.15, 0.2) is 24.3 Å². The van der Waals surface area contributed by atoms with Crippen LogP contribution in [-0.2, 0) is 11.3 Å². The Hall–Kier alpha value is -1.55. The number of nitrogens with one attached hydrogen (secondary N) is 1. The molecule has 20 heavy (non-hydrogen) atoms. The van der Waals surface area contributed by atoms with Crippen LogP contribution in [0.25, 0.3) is 0 Å². The monoisotopic (exact) mass is 276 g/mol. The lowest BCUT2D eigenvalue weighted by Crippen LogP contribution is -2.43. The molecule has 0 aromatic heterocycles. The van der Waals surface area contributed by atoms with E-state index in [1.807, 2.05) is 43.1 Å². The Balaban J connectivity index is 1.94. The number of ether oxygens (including phenoxy) is 1. The van der Waals surface area contributed by atoms with Crippen LogP contribution in [0.1, 0.15) is 31.7 Å². The van der Waals surface area contributed by atoms with Gasteiger partial charge in [-0.1, -0.05) is 12.1 Å². The standard InChI is InChI=1S/C16H24N2O2/c1-13(16(19)18-9-4-3-5-10-18)20-15-8-6-7-14(11-15)12-17-2/h6-8,11,13,17H,3-5,9-10,12H2,1-2H3. The number of amides is 1. The molecule has 1 N–H and O–H groups in total. The Kier molecular flexibility index (Phi) is 5.41. The van der Waals surface area contributed by atoms with Crippen molar-refractivity contribution >= 4 is 5.91 Å². The van der Waals surface area contributed by atoms with Gasteiger partial charge in [-0.25, -0.2) is 0 Å². The van der Waals surface area contributed by atoms with Gasteiger partial charge in [0.05, 0.1) is 0 Å². The summed E-state index contributed by atoms with van der Waals surface area (Å²) in [6, 6.07) is 7.89. The maximum absolute atomic E-state index is 12.3. The van der Waals surface area contributed by atoms with Crippen molar-refractivity contribution in [3.05, 3.63) is 29.8 Å². The third-order valence-electron chi connectivity index (χ3n) is 3.61. The Morgan fingerprint density at radius 3 is 2.80 bits per heavy atom. The predicted molar refractivity (Wildman–Crippen MR) is 79.7 cm³/mol. The fourth-order valence-corrected chi connectivity index (χ4v) is 2.56. The van der Waals surface area contributed by atoms with Crippen LogP contribution in [0, 0.1) is 0 Å². The van der Waals surface area contributed by atoms with Crippen LogP contribution in [0.2, 0.25) is 0 Å². The number of rotatable bonds is 5. The van der Waals surface area contributed by atoms with Gasteiger partial charge in [0.2, 0.25) is 0 Å². The van der Waals surface area contributed by atoms with Crippen molar-refractivity contribution < 1.29 is 9.53 Å². The van der Waals surface area contributed by atoms with Crippen molar-refractivity contribution in [2.24, 2.45) is 0 Å². The number of carbonyl (C=O) groups excluding carboxylic acids is 1. The van der Waals surface area contributed by atoms with E-state index in [-0.39, 0.29) is 5.91 Å². The van der Waals surface area contributed by atoms with Crippen LogP contribution in [0.4, 0.5) is 0 Å². The van der Waals surface area contributed by atoms with Crippen molar-refractivity contribution in [2.75, 3.05) is 20.1 Å². The quantitative estimate of drug-likeness (QED) is 0.896. The minimum absolute atomic E-state index is 0.101. The highest BCUT2D eigenvalue weighted by Gasteiger charge is 2.23. The first-order valence-electron chi connectivity index (χ1n) is 7.39. The first-order valence-corrected chi connectivity index (χ1v) is 7.39. The van der Waals surface area contributed by atoms with Gasteiger partial charge in [-0.05, 0) is 50.9 Å². The second-order valence-electron chi connectivity index (χ2n) is 5.32.